The summed E-state index contributed by atoms with van der Waals surface area (Å²) in [7, 11) is 1.54. The van der Waals surface area contributed by atoms with Gasteiger partial charge in [-0.3, -0.25) is 4.79 Å². The minimum atomic E-state index is -0.968. The Kier molecular flexibility index (Phi) is 5.60. The van der Waals surface area contributed by atoms with Crippen molar-refractivity contribution in [1.29, 1.82) is 0 Å². The predicted octanol–water partition coefficient (Wildman–Crippen LogP) is 3.53. The molecule has 2 aromatic carbocycles. The van der Waals surface area contributed by atoms with Crippen molar-refractivity contribution in [1.82, 2.24) is 0 Å². The van der Waals surface area contributed by atoms with Crippen LogP contribution in [0, 0.1) is 0 Å². The van der Waals surface area contributed by atoms with E-state index in [0.29, 0.717) is 11.4 Å². The summed E-state index contributed by atoms with van der Waals surface area (Å²) < 4.78 is 10.2. The number of hydrogen-bond acceptors (Lipinski definition) is 4. The average Bonchev–Trinajstić information content (AvgIpc) is 2.55. The van der Waals surface area contributed by atoms with E-state index in [9.17, 15) is 9.59 Å². The summed E-state index contributed by atoms with van der Waals surface area (Å²) in [6.07, 6.45) is -0.968. The lowest BCUT2D eigenvalue weighted by atomic mass is 10.2. The Labute approximate surface area is 139 Å². The van der Waals surface area contributed by atoms with Gasteiger partial charge in [0, 0.05) is 11.8 Å². The summed E-state index contributed by atoms with van der Waals surface area (Å²) in [5, 5.41) is 2.93. The van der Waals surface area contributed by atoms with Crippen LogP contribution >= 0.6 is 11.6 Å². The van der Waals surface area contributed by atoms with Gasteiger partial charge in [-0.2, -0.15) is 0 Å². The third-order valence-corrected chi connectivity index (χ3v) is 3.41. The molecule has 0 spiro atoms. The third kappa shape index (κ3) is 4.47. The summed E-state index contributed by atoms with van der Waals surface area (Å²) in [6.45, 7) is 1.49. The molecule has 0 radical (unpaired) electrons. The number of halogens is 1. The lowest BCUT2D eigenvalue weighted by molar-refractivity contribution is -0.123. The van der Waals surface area contributed by atoms with E-state index < -0.39 is 18.0 Å². The van der Waals surface area contributed by atoms with E-state index >= 15 is 0 Å². The van der Waals surface area contributed by atoms with E-state index in [1.54, 1.807) is 42.5 Å². The summed E-state index contributed by atoms with van der Waals surface area (Å²) in [4.78, 5) is 24.1. The molecule has 2 rings (SSSR count). The third-order valence-electron chi connectivity index (χ3n) is 3.08. The molecule has 5 nitrogen and oxygen atoms in total. The van der Waals surface area contributed by atoms with Crippen LogP contribution < -0.4 is 10.1 Å². The molecule has 2 aromatic rings. The average molecular weight is 334 g/mol. The van der Waals surface area contributed by atoms with E-state index in [-0.39, 0.29) is 10.6 Å². The van der Waals surface area contributed by atoms with Crippen molar-refractivity contribution in [3.8, 4) is 5.75 Å². The maximum atomic E-state index is 12.1. The first-order valence-electron chi connectivity index (χ1n) is 6.91. The van der Waals surface area contributed by atoms with E-state index in [4.69, 9.17) is 21.1 Å². The van der Waals surface area contributed by atoms with Crippen LogP contribution in [-0.2, 0) is 9.53 Å². The van der Waals surface area contributed by atoms with Crippen LogP contribution in [-0.4, -0.2) is 25.1 Å². The number of methoxy groups -OCH3 is 1. The highest BCUT2D eigenvalue weighted by Gasteiger charge is 2.20. The fourth-order valence-electron chi connectivity index (χ4n) is 1.85. The van der Waals surface area contributed by atoms with Crippen molar-refractivity contribution in [3.63, 3.8) is 0 Å². The number of benzene rings is 2. The summed E-state index contributed by atoms with van der Waals surface area (Å²) in [5.41, 5.74) is 0.769. The topological polar surface area (TPSA) is 64.6 Å². The van der Waals surface area contributed by atoms with Crippen LogP contribution in [0.3, 0.4) is 0 Å². The molecule has 1 N–H and O–H groups in total. The minimum absolute atomic E-state index is 0.218. The van der Waals surface area contributed by atoms with E-state index in [1.165, 1.54) is 20.1 Å². The van der Waals surface area contributed by atoms with Crippen LogP contribution in [0.5, 0.6) is 5.75 Å². The monoisotopic (exact) mass is 333 g/mol. The first kappa shape index (κ1) is 16.8. The number of carbonyl (C=O) groups excluding carboxylic acids is 2. The normalized spacial score (nSPS) is 11.4. The van der Waals surface area contributed by atoms with Crippen LogP contribution in [0.25, 0.3) is 0 Å². The Morgan fingerprint density at radius 3 is 2.57 bits per heavy atom. The molecule has 120 valence electrons. The number of carbonyl (C=O) groups is 2. The summed E-state index contributed by atoms with van der Waals surface area (Å²) in [5.74, 6) is -0.480. The van der Waals surface area contributed by atoms with Crippen LogP contribution in [0.1, 0.15) is 17.3 Å². The lowest BCUT2D eigenvalue weighted by Gasteiger charge is -2.14. The lowest BCUT2D eigenvalue weighted by Crippen LogP contribution is -2.30. The zero-order valence-electron chi connectivity index (χ0n) is 12.7. The molecule has 1 amide bonds. The largest absolute Gasteiger partial charge is 0.497 e. The molecule has 0 aliphatic heterocycles. The van der Waals surface area contributed by atoms with Gasteiger partial charge in [0.25, 0.3) is 5.91 Å². The standard InChI is InChI=1S/C17H16ClNO4/c1-11(23-17(21)14-8-3-4-9-15(14)18)16(20)19-12-6-5-7-13(10-12)22-2/h3-11H,1-2H3,(H,19,20)/t11-/m1/s1. The van der Waals surface area contributed by atoms with Gasteiger partial charge in [-0.25, -0.2) is 4.79 Å². The van der Waals surface area contributed by atoms with E-state index in [1.807, 2.05) is 0 Å². The Balaban J connectivity index is 1.99. The SMILES string of the molecule is COc1cccc(NC(=O)[C@@H](C)OC(=O)c2ccccc2Cl)c1. The van der Waals surface area contributed by atoms with Gasteiger partial charge in [0.2, 0.25) is 0 Å². The quantitative estimate of drug-likeness (QED) is 0.850. The van der Waals surface area contributed by atoms with Gasteiger partial charge in [0.15, 0.2) is 6.10 Å². The first-order valence-corrected chi connectivity index (χ1v) is 7.29. The van der Waals surface area contributed by atoms with Gasteiger partial charge in [-0.05, 0) is 31.2 Å². The molecular formula is C17H16ClNO4. The maximum Gasteiger partial charge on any atom is 0.340 e. The first-order chi connectivity index (χ1) is 11.0. The Bertz CT molecular complexity index is 717. The van der Waals surface area contributed by atoms with Crippen molar-refractivity contribution in [2.24, 2.45) is 0 Å². The second-order valence-corrected chi connectivity index (χ2v) is 5.16. The molecule has 0 aliphatic rings. The molecule has 6 heteroatoms. The highest BCUT2D eigenvalue weighted by Crippen LogP contribution is 2.18. The van der Waals surface area contributed by atoms with Gasteiger partial charge >= 0.3 is 5.97 Å². The Morgan fingerprint density at radius 2 is 1.87 bits per heavy atom. The van der Waals surface area contributed by atoms with Crippen molar-refractivity contribution in [2.75, 3.05) is 12.4 Å². The van der Waals surface area contributed by atoms with Crippen LogP contribution in [0.4, 0.5) is 5.69 Å². The highest BCUT2D eigenvalue weighted by molar-refractivity contribution is 6.33. The molecule has 0 heterocycles. The molecule has 0 aliphatic carbocycles. The van der Waals surface area contributed by atoms with Crippen molar-refractivity contribution in [2.45, 2.75) is 13.0 Å². The Morgan fingerprint density at radius 1 is 1.13 bits per heavy atom. The van der Waals surface area contributed by atoms with Crippen molar-refractivity contribution >= 4 is 29.2 Å². The van der Waals surface area contributed by atoms with Crippen molar-refractivity contribution in [3.05, 3.63) is 59.1 Å². The minimum Gasteiger partial charge on any atom is -0.497 e. The zero-order chi connectivity index (χ0) is 16.8. The Hall–Kier alpha value is -2.53. The zero-order valence-corrected chi connectivity index (χ0v) is 13.5. The summed E-state index contributed by atoms with van der Waals surface area (Å²) >= 11 is 5.93. The van der Waals surface area contributed by atoms with Crippen molar-refractivity contribution < 1.29 is 19.1 Å². The van der Waals surface area contributed by atoms with Gasteiger partial charge in [-0.1, -0.05) is 29.8 Å². The summed E-state index contributed by atoms with van der Waals surface area (Å²) in [6, 6.07) is 13.4. The number of ether oxygens (including phenoxy) is 2. The molecule has 0 bridgehead atoms. The molecule has 0 saturated carbocycles. The van der Waals surface area contributed by atoms with E-state index in [2.05, 4.69) is 5.32 Å². The molecular weight excluding hydrogens is 318 g/mol. The molecule has 23 heavy (non-hydrogen) atoms. The predicted molar refractivity (Wildman–Crippen MR) is 88.0 cm³/mol. The number of nitrogens with one attached hydrogen (secondary N) is 1. The molecule has 0 unspecified atom stereocenters. The number of anilines is 1. The smallest absolute Gasteiger partial charge is 0.340 e. The van der Waals surface area contributed by atoms with Crippen LogP contribution in [0.15, 0.2) is 48.5 Å². The number of rotatable bonds is 5. The van der Waals surface area contributed by atoms with Gasteiger partial charge < -0.3 is 14.8 Å². The molecule has 0 aromatic heterocycles. The van der Waals surface area contributed by atoms with Gasteiger partial charge in [0.05, 0.1) is 17.7 Å². The van der Waals surface area contributed by atoms with Gasteiger partial charge in [-0.15, -0.1) is 0 Å². The fraction of sp³-hybridized carbons (Fsp3) is 0.176. The molecule has 1 atom stereocenters. The fourth-order valence-corrected chi connectivity index (χ4v) is 2.06. The second-order valence-electron chi connectivity index (χ2n) is 4.75. The number of amides is 1. The van der Waals surface area contributed by atoms with E-state index in [0.717, 1.165) is 0 Å². The number of esters is 1. The maximum absolute atomic E-state index is 12.1. The highest BCUT2D eigenvalue weighted by atomic mass is 35.5. The molecule has 0 fully saturated rings. The second kappa shape index (κ2) is 7.65. The molecule has 0 saturated heterocycles. The van der Waals surface area contributed by atoms with Gasteiger partial charge in [0.1, 0.15) is 5.75 Å². The number of hydrogen-bond donors (Lipinski definition) is 1. The van der Waals surface area contributed by atoms with Crippen LogP contribution in [0.2, 0.25) is 5.02 Å².